The van der Waals surface area contributed by atoms with Gasteiger partial charge in [0.15, 0.2) is 11.6 Å². The maximum absolute atomic E-state index is 12.4. The van der Waals surface area contributed by atoms with Crippen molar-refractivity contribution < 1.29 is 9.50 Å². The first kappa shape index (κ1) is 8.07. The molecule has 0 aliphatic rings. The first-order chi connectivity index (χ1) is 4.63. The first-order valence-corrected chi connectivity index (χ1v) is 3.91. The van der Waals surface area contributed by atoms with Gasteiger partial charge in [-0.1, -0.05) is 11.6 Å². The number of phenols is 1. The summed E-state index contributed by atoms with van der Waals surface area (Å²) in [4.78, 5) is 0. The molecule has 1 N–H and O–H groups in total. The van der Waals surface area contributed by atoms with E-state index in [1.165, 1.54) is 12.1 Å². The Balaban J connectivity index is 3.34. The van der Waals surface area contributed by atoms with Gasteiger partial charge in [-0.2, -0.15) is 0 Å². The van der Waals surface area contributed by atoms with Crippen LogP contribution in [0.2, 0.25) is 5.02 Å². The van der Waals surface area contributed by atoms with Crippen LogP contribution in [0, 0.1) is 9.39 Å². The molecule has 0 unspecified atom stereocenters. The molecule has 0 aliphatic heterocycles. The van der Waals surface area contributed by atoms with Gasteiger partial charge >= 0.3 is 0 Å². The Morgan fingerprint density at radius 3 is 2.60 bits per heavy atom. The molecule has 0 saturated heterocycles. The summed E-state index contributed by atoms with van der Waals surface area (Å²) in [7, 11) is 0. The van der Waals surface area contributed by atoms with E-state index in [2.05, 4.69) is 0 Å². The number of benzene rings is 1. The summed E-state index contributed by atoms with van der Waals surface area (Å²) in [5.41, 5.74) is 0. The van der Waals surface area contributed by atoms with Gasteiger partial charge in [0.2, 0.25) is 0 Å². The Bertz CT molecular complexity index is 237. The molecule has 0 radical (unpaired) electrons. The van der Waals surface area contributed by atoms with Gasteiger partial charge in [0.05, 0.1) is 5.02 Å². The van der Waals surface area contributed by atoms with Crippen molar-refractivity contribution >= 4 is 34.2 Å². The smallest absolute Gasteiger partial charge is 0.171 e. The Labute approximate surface area is 76.0 Å². The summed E-state index contributed by atoms with van der Waals surface area (Å²) in [5, 5.41) is 8.95. The minimum Gasteiger partial charge on any atom is -0.504 e. The maximum atomic E-state index is 12.4. The molecule has 0 atom stereocenters. The number of hydrogen-bond acceptors (Lipinski definition) is 1. The summed E-state index contributed by atoms with van der Waals surface area (Å²) >= 11 is 7.39. The van der Waals surface area contributed by atoms with E-state index in [9.17, 15) is 4.39 Å². The topological polar surface area (TPSA) is 20.2 Å². The predicted octanol–water partition coefficient (Wildman–Crippen LogP) is 2.79. The van der Waals surface area contributed by atoms with Crippen LogP contribution in [0.3, 0.4) is 0 Å². The Hall–Kier alpha value is -0.0300. The van der Waals surface area contributed by atoms with Gasteiger partial charge in [0, 0.05) is 3.57 Å². The molecule has 0 aliphatic carbocycles. The Morgan fingerprint density at radius 2 is 2.10 bits per heavy atom. The molecule has 1 aromatic rings. The monoisotopic (exact) mass is 272 g/mol. The third-order valence-corrected chi connectivity index (χ3v) is 2.62. The van der Waals surface area contributed by atoms with Crippen LogP contribution < -0.4 is 0 Å². The fourth-order valence-corrected chi connectivity index (χ4v) is 1.10. The lowest BCUT2D eigenvalue weighted by atomic mass is 10.3. The van der Waals surface area contributed by atoms with Crippen LogP contribution in [0.4, 0.5) is 4.39 Å². The highest BCUT2D eigenvalue weighted by Gasteiger charge is 2.07. The maximum Gasteiger partial charge on any atom is 0.171 e. The third kappa shape index (κ3) is 1.34. The number of hydrogen-bond donors (Lipinski definition) is 1. The molecule has 0 aromatic heterocycles. The van der Waals surface area contributed by atoms with Crippen LogP contribution in [-0.4, -0.2) is 5.11 Å². The van der Waals surface area contributed by atoms with Crippen molar-refractivity contribution in [3.8, 4) is 5.75 Å². The van der Waals surface area contributed by atoms with E-state index in [-0.39, 0.29) is 5.02 Å². The molecule has 10 heavy (non-hydrogen) atoms. The van der Waals surface area contributed by atoms with E-state index in [1.807, 2.05) is 22.6 Å². The standard InChI is InChI=1S/C6H3ClFIO/c7-5-4(9)2-1-3(8)6(5)10/h1-2,10H. The molecule has 0 amide bonds. The molecule has 0 bridgehead atoms. The highest BCUT2D eigenvalue weighted by atomic mass is 127. The SMILES string of the molecule is Oc1c(F)ccc(I)c1Cl. The quantitative estimate of drug-likeness (QED) is 0.569. The van der Waals surface area contributed by atoms with Crippen LogP contribution >= 0.6 is 34.2 Å². The molecule has 0 fully saturated rings. The molecule has 4 heteroatoms. The number of aromatic hydroxyl groups is 1. The second kappa shape index (κ2) is 2.92. The fraction of sp³-hybridized carbons (Fsp3) is 0. The second-order valence-corrected chi connectivity index (χ2v) is 3.23. The van der Waals surface area contributed by atoms with Gasteiger partial charge in [-0.05, 0) is 34.7 Å². The van der Waals surface area contributed by atoms with E-state index < -0.39 is 11.6 Å². The molecular formula is C6H3ClFIO. The zero-order chi connectivity index (χ0) is 7.72. The third-order valence-electron chi connectivity index (χ3n) is 1.02. The average molecular weight is 272 g/mol. The van der Waals surface area contributed by atoms with Crippen molar-refractivity contribution in [1.82, 2.24) is 0 Å². The number of halogens is 3. The van der Waals surface area contributed by atoms with E-state index in [0.29, 0.717) is 3.57 Å². The zero-order valence-electron chi connectivity index (χ0n) is 4.74. The molecular weight excluding hydrogens is 269 g/mol. The van der Waals surface area contributed by atoms with Crippen LogP contribution in [0.1, 0.15) is 0 Å². The molecule has 1 rings (SSSR count). The molecule has 1 nitrogen and oxygen atoms in total. The lowest BCUT2D eigenvalue weighted by Crippen LogP contribution is -1.79. The van der Waals surface area contributed by atoms with Crippen LogP contribution in [0.5, 0.6) is 5.75 Å². The summed E-state index contributed by atoms with van der Waals surface area (Å²) < 4.78 is 13.1. The van der Waals surface area contributed by atoms with Crippen molar-refractivity contribution in [1.29, 1.82) is 0 Å². The normalized spacial score (nSPS) is 9.90. The first-order valence-electron chi connectivity index (χ1n) is 2.45. The molecule has 0 saturated carbocycles. The van der Waals surface area contributed by atoms with Crippen molar-refractivity contribution in [2.24, 2.45) is 0 Å². The zero-order valence-corrected chi connectivity index (χ0v) is 7.65. The summed E-state index contributed by atoms with van der Waals surface area (Å²) in [5.74, 6) is -1.17. The van der Waals surface area contributed by atoms with Crippen LogP contribution in [-0.2, 0) is 0 Å². The largest absolute Gasteiger partial charge is 0.504 e. The van der Waals surface area contributed by atoms with Gasteiger partial charge in [0.1, 0.15) is 0 Å². The van der Waals surface area contributed by atoms with Gasteiger partial charge in [-0.15, -0.1) is 0 Å². The molecule has 0 spiro atoms. The highest BCUT2D eigenvalue weighted by molar-refractivity contribution is 14.1. The Kier molecular flexibility index (Phi) is 2.36. The van der Waals surface area contributed by atoms with Gasteiger partial charge in [0.25, 0.3) is 0 Å². The van der Waals surface area contributed by atoms with Crippen LogP contribution in [0.15, 0.2) is 12.1 Å². The predicted molar refractivity (Wildman–Crippen MR) is 45.8 cm³/mol. The second-order valence-electron chi connectivity index (χ2n) is 1.69. The summed E-state index contributed by atoms with van der Waals surface area (Å²) in [6.07, 6.45) is 0. The van der Waals surface area contributed by atoms with Gasteiger partial charge in [-0.25, -0.2) is 4.39 Å². The fourth-order valence-electron chi connectivity index (χ4n) is 0.516. The van der Waals surface area contributed by atoms with E-state index in [1.54, 1.807) is 0 Å². The van der Waals surface area contributed by atoms with Gasteiger partial charge < -0.3 is 5.11 Å². The lowest BCUT2D eigenvalue weighted by Gasteiger charge is -1.98. The van der Waals surface area contributed by atoms with E-state index in [0.717, 1.165) is 0 Å². The van der Waals surface area contributed by atoms with Crippen molar-refractivity contribution in [2.45, 2.75) is 0 Å². The minimum absolute atomic E-state index is 0.0700. The summed E-state index contributed by atoms with van der Waals surface area (Å²) in [6, 6.07) is 2.67. The van der Waals surface area contributed by atoms with Crippen molar-refractivity contribution in [2.75, 3.05) is 0 Å². The molecule has 54 valence electrons. The van der Waals surface area contributed by atoms with Crippen LogP contribution in [0.25, 0.3) is 0 Å². The van der Waals surface area contributed by atoms with Gasteiger partial charge in [-0.3, -0.25) is 0 Å². The van der Waals surface area contributed by atoms with E-state index in [4.69, 9.17) is 16.7 Å². The summed E-state index contributed by atoms with van der Waals surface area (Å²) in [6.45, 7) is 0. The average Bonchev–Trinajstić information content (AvgIpc) is 1.93. The molecule has 0 heterocycles. The minimum atomic E-state index is -0.689. The number of rotatable bonds is 0. The van der Waals surface area contributed by atoms with E-state index >= 15 is 0 Å². The lowest BCUT2D eigenvalue weighted by molar-refractivity contribution is 0.432. The van der Waals surface area contributed by atoms with Crippen molar-refractivity contribution in [3.63, 3.8) is 0 Å². The number of phenolic OH excluding ortho intramolecular Hbond substituents is 1. The van der Waals surface area contributed by atoms with Crippen molar-refractivity contribution in [3.05, 3.63) is 26.5 Å². The highest BCUT2D eigenvalue weighted by Crippen LogP contribution is 2.30. The Morgan fingerprint density at radius 1 is 1.50 bits per heavy atom. The molecule has 1 aromatic carbocycles.